The highest BCUT2D eigenvalue weighted by Crippen LogP contribution is 2.21. The number of benzene rings is 3. The summed E-state index contributed by atoms with van der Waals surface area (Å²) in [5.74, 6) is -0.517. The zero-order valence-electron chi connectivity index (χ0n) is 15.6. The van der Waals surface area contributed by atoms with Crippen LogP contribution in [0.3, 0.4) is 0 Å². The molecule has 0 fully saturated rings. The second kappa shape index (κ2) is 8.35. The van der Waals surface area contributed by atoms with Crippen LogP contribution < -0.4 is 10.6 Å². The zero-order valence-corrected chi connectivity index (χ0v) is 15.6. The third-order valence-corrected chi connectivity index (χ3v) is 4.63. The lowest BCUT2D eigenvalue weighted by atomic mass is 10.0. The average molecular weight is 381 g/mol. The van der Waals surface area contributed by atoms with Gasteiger partial charge < -0.3 is 10.6 Å². The summed E-state index contributed by atoms with van der Waals surface area (Å²) in [6.07, 6.45) is 3.39. The van der Waals surface area contributed by atoms with Crippen LogP contribution >= 0.6 is 0 Å². The molecule has 1 aromatic heterocycles. The molecule has 3 aromatic carbocycles. The Balaban J connectivity index is 1.55. The van der Waals surface area contributed by atoms with Crippen LogP contribution in [0, 0.1) is 0 Å². The van der Waals surface area contributed by atoms with Crippen LogP contribution in [0.2, 0.25) is 0 Å². The third-order valence-electron chi connectivity index (χ3n) is 4.63. The average Bonchev–Trinajstić information content (AvgIpc) is 2.78. The van der Waals surface area contributed by atoms with E-state index in [1.165, 1.54) is 0 Å². The lowest BCUT2D eigenvalue weighted by Crippen LogP contribution is -2.25. The monoisotopic (exact) mass is 381 g/mol. The lowest BCUT2D eigenvalue weighted by molar-refractivity contribution is 0.0951. The number of fused-ring (bicyclic) bond motifs is 1. The molecule has 0 saturated heterocycles. The van der Waals surface area contributed by atoms with Gasteiger partial charge in [0, 0.05) is 24.5 Å². The van der Waals surface area contributed by atoms with E-state index in [4.69, 9.17) is 0 Å². The largest absolute Gasteiger partial charge is 0.348 e. The molecule has 0 spiro atoms. The van der Waals surface area contributed by atoms with Crippen LogP contribution in [-0.2, 0) is 6.54 Å². The van der Waals surface area contributed by atoms with E-state index in [-0.39, 0.29) is 11.8 Å². The van der Waals surface area contributed by atoms with Crippen molar-refractivity contribution in [3.63, 3.8) is 0 Å². The Morgan fingerprint density at radius 1 is 0.759 bits per heavy atom. The molecule has 0 aliphatic heterocycles. The molecule has 5 heteroatoms. The predicted octanol–water partition coefficient (Wildman–Crippen LogP) is 4.42. The van der Waals surface area contributed by atoms with Crippen LogP contribution in [0.1, 0.15) is 26.3 Å². The van der Waals surface area contributed by atoms with Gasteiger partial charge in [0.25, 0.3) is 11.8 Å². The number of para-hydroxylation sites is 1. The maximum Gasteiger partial charge on any atom is 0.256 e. The van der Waals surface area contributed by atoms with Gasteiger partial charge in [0.2, 0.25) is 0 Å². The van der Waals surface area contributed by atoms with Gasteiger partial charge in [-0.15, -0.1) is 0 Å². The number of hydrogen-bond acceptors (Lipinski definition) is 3. The smallest absolute Gasteiger partial charge is 0.256 e. The molecular formula is C24H19N3O2. The number of nitrogens with zero attached hydrogens (tertiary/aromatic N) is 1. The number of carbonyl (C=O) groups is 2. The number of nitrogens with one attached hydrogen (secondary N) is 2. The molecule has 2 N–H and O–H groups in total. The van der Waals surface area contributed by atoms with Crippen molar-refractivity contribution in [1.29, 1.82) is 0 Å². The summed E-state index contributed by atoms with van der Waals surface area (Å²) in [6, 6.07) is 24.0. The van der Waals surface area contributed by atoms with Crippen LogP contribution in [0.5, 0.6) is 0 Å². The zero-order chi connectivity index (χ0) is 20.1. The fourth-order valence-corrected chi connectivity index (χ4v) is 3.18. The SMILES string of the molecule is O=C(NCc1cccnc1)c1ccccc1NC(=O)c1cccc2ccccc12. The summed E-state index contributed by atoms with van der Waals surface area (Å²) in [5, 5.41) is 7.61. The van der Waals surface area contributed by atoms with E-state index in [0.29, 0.717) is 23.4 Å². The van der Waals surface area contributed by atoms with Gasteiger partial charge in [-0.25, -0.2) is 0 Å². The first-order valence-corrected chi connectivity index (χ1v) is 9.27. The molecule has 29 heavy (non-hydrogen) atoms. The summed E-state index contributed by atoms with van der Waals surface area (Å²) >= 11 is 0. The number of pyridine rings is 1. The second-order valence-corrected chi connectivity index (χ2v) is 6.57. The molecule has 142 valence electrons. The first-order chi connectivity index (χ1) is 14.2. The summed E-state index contributed by atoms with van der Waals surface area (Å²) in [4.78, 5) is 29.7. The second-order valence-electron chi connectivity index (χ2n) is 6.57. The number of amides is 2. The fourth-order valence-electron chi connectivity index (χ4n) is 3.18. The van der Waals surface area contributed by atoms with E-state index in [1.54, 1.807) is 42.7 Å². The highest BCUT2D eigenvalue weighted by atomic mass is 16.2. The molecule has 1 heterocycles. The quantitative estimate of drug-likeness (QED) is 0.538. The Morgan fingerprint density at radius 2 is 1.52 bits per heavy atom. The third kappa shape index (κ3) is 4.14. The molecule has 0 atom stereocenters. The number of rotatable bonds is 5. The van der Waals surface area contributed by atoms with Crippen molar-refractivity contribution in [3.05, 3.63) is 108 Å². The van der Waals surface area contributed by atoms with Crippen molar-refractivity contribution in [3.8, 4) is 0 Å². The highest BCUT2D eigenvalue weighted by Gasteiger charge is 2.15. The van der Waals surface area contributed by atoms with Crippen molar-refractivity contribution >= 4 is 28.3 Å². The molecule has 0 saturated carbocycles. The number of aromatic nitrogens is 1. The van der Waals surface area contributed by atoms with Gasteiger partial charge in [0.15, 0.2) is 0 Å². The minimum absolute atomic E-state index is 0.255. The van der Waals surface area contributed by atoms with E-state index in [9.17, 15) is 9.59 Å². The molecule has 0 unspecified atom stereocenters. The number of carbonyl (C=O) groups excluding carboxylic acids is 2. The van der Waals surface area contributed by atoms with Crippen molar-refractivity contribution < 1.29 is 9.59 Å². The van der Waals surface area contributed by atoms with Gasteiger partial charge in [0.05, 0.1) is 11.3 Å². The molecular weight excluding hydrogens is 362 g/mol. The Hall–Kier alpha value is -3.99. The van der Waals surface area contributed by atoms with Crippen molar-refractivity contribution in [2.75, 3.05) is 5.32 Å². The predicted molar refractivity (Wildman–Crippen MR) is 114 cm³/mol. The molecule has 0 bridgehead atoms. The number of hydrogen-bond donors (Lipinski definition) is 2. The van der Waals surface area contributed by atoms with E-state index >= 15 is 0 Å². The molecule has 0 aliphatic carbocycles. The fraction of sp³-hybridized carbons (Fsp3) is 0.0417. The van der Waals surface area contributed by atoms with E-state index in [0.717, 1.165) is 16.3 Å². The summed E-state index contributed by atoms with van der Waals surface area (Å²) in [5.41, 5.74) is 2.34. The normalized spacial score (nSPS) is 10.5. The summed E-state index contributed by atoms with van der Waals surface area (Å²) in [6.45, 7) is 0.359. The van der Waals surface area contributed by atoms with Gasteiger partial charge in [-0.2, -0.15) is 0 Å². The number of anilines is 1. The van der Waals surface area contributed by atoms with Crippen LogP contribution in [0.25, 0.3) is 10.8 Å². The van der Waals surface area contributed by atoms with Gasteiger partial charge in [0.1, 0.15) is 0 Å². The Labute approximate surface area is 168 Å². The maximum absolute atomic E-state index is 12.9. The molecule has 2 amide bonds. The minimum atomic E-state index is -0.261. The Kier molecular flexibility index (Phi) is 5.29. The topological polar surface area (TPSA) is 71.1 Å². The Bertz CT molecular complexity index is 1170. The molecule has 4 rings (SSSR count). The van der Waals surface area contributed by atoms with Crippen LogP contribution in [0.15, 0.2) is 91.3 Å². The van der Waals surface area contributed by atoms with Gasteiger partial charge in [-0.3, -0.25) is 14.6 Å². The van der Waals surface area contributed by atoms with Crippen molar-refractivity contribution in [2.45, 2.75) is 6.54 Å². The minimum Gasteiger partial charge on any atom is -0.348 e. The highest BCUT2D eigenvalue weighted by molar-refractivity contribution is 6.14. The van der Waals surface area contributed by atoms with Gasteiger partial charge >= 0.3 is 0 Å². The maximum atomic E-state index is 12.9. The summed E-state index contributed by atoms with van der Waals surface area (Å²) in [7, 11) is 0. The molecule has 4 aromatic rings. The van der Waals surface area contributed by atoms with E-state index < -0.39 is 0 Å². The van der Waals surface area contributed by atoms with E-state index in [1.807, 2.05) is 48.5 Å². The molecule has 0 aliphatic rings. The van der Waals surface area contributed by atoms with Crippen molar-refractivity contribution in [2.24, 2.45) is 0 Å². The lowest BCUT2D eigenvalue weighted by Gasteiger charge is -2.12. The Morgan fingerprint density at radius 3 is 2.38 bits per heavy atom. The molecule has 0 radical (unpaired) electrons. The molecule has 5 nitrogen and oxygen atoms in total. The van der Waals surface area contributed by atoms with Crippen molar-refractivity contribution in [1.82, 2.24) is 10.3 Å². The first kappa shape index (κ1) is 18.4. The van der Waals surface area contributed by atoms with Crippen LogP contribution in [0.4, 0.5) is 5.69 Å². The standard InChI is InChI=1S/C24H19N3O2/c28-23(26-16-17-7-6-14-25-15-17)21-11-3-4-13-22(21)27-24(29)20-12-5-9-18-8-1-2-10-19(18)20/h1-15H,16H2,(H,26,28)(H,27,29). The first-order valence-electron chi connectivity index (χ1n) is 9.27. The van der Waals surface area contributed by atoms with Crippen LogP contribution in [-0.4, -0.2) is 16.8 Å². The summed E-state index contributed by atoms with van der Waals surface area (Å²) < 4.78 is 0. The van der Waals surface area contributed by atoms with Gasteiger partial charge in [-0.05, 0) is 40.6 Å². The van der Waals surface area contributed by atoms with Gasteiger partial charge in [-0.1, -0.05) is 54.6 Å². The van der Waals surface area contributed by atoms with E-state index in [2.05, 4.69) is 15.6 Å².